The number of fused-ring (bicyclic) bond motifs is 1. The lowest BCUT2D eigenvalue weighted by Crippen LogP contribution is -2.43. The number of hydrogen-bond donors (Lipinski definition) is 1. The summed E-state index contributed by atoms with van der Waals surface area (Å²) < 4.78 is 1.97. The fraction of sp³-hybridized carbons (Fsp3) is 0.571. The van der Waals surface area contributed by atoms with E-state index in [1.54, 1.807) is 6.20 Å². The summed E-state index contributed by atoms with van der Waals surface area (Å²) in [4.78, 5) is 14.5. The molecule has 1 aliphatic heterocycles. The third kappa shape index (κ3) is 2.32. The highest BCUT2D eigenvalue weighted by Gasteiger charge is 2.36. The Labute approximate surface area is 123 Å². The average Bonchev–Trinajstić information content (AvgIpc) is 3.09. The first kappa shape index (κ1) is 13.8. The third-order valence-corrected chi connectivity index (χ3v) is 3.83. The Morgan fingerprint density at radius 3 is 2.86 bits per heavy atom. The number of likely N-dealkylation sites (N-methyl/N-ethyl adjacent to an activating group) is 1. The van der Waals surface area contributed by atoms with Crippen molar-refractivity contribution in [2.45, 2.75) is 39.8 Å². The van der Waals surface area contributed by atoms with E-state index in [0.29, 0.717) is 24.8 Å². The molecule has 0 aliphatic carbocycles. The molecule has 1 atom stereocenters. The monoisotopic (exact) mass is 288 g/mol. The van der Waals surface area contributed by atoms with E-state index in [0.717, 1.165) is 17.9 Å². The second kappa shape index (κ2) is 5.31. The first-order valence-electron chi connectivity index (χ1n) is 7.34. The average molecular weight is 288 g/mol. The highest BCUT2D eigenvalue weighted by atomic mass is 16.2. The van der Waals surface area contributed by atoms with Crippen LogP contribution in [0, 0.1) is 5.92 Å². The van der Waals surface area contributed by atoms with Gasteiger partial charge in [-0.15, -0.1) is 10.2 Å². The van der Waals surface area contributed by atoms with Crippen LogP contribution in [-0.2, 0) is 11.3 Å². The van der Waals surface area contributed by atoms with Crippen LogP contribution >= 0.6 is 0 Å². The number of nitrogens with zero attached hydrogens (tertiary/aromatic N) is 5. The molecule has 0 aromatic carbocycles. The zero-order valence-electron chi connectivity index (χ0n) is 12.6. The quantitative estimate of drug-likeness (QED) is 0.927. The van der Waals surface area contributed by atoms with Gasteiger partial charge < -0.3 is 4.90 Å². The van der Waals surface area contributed by atoms with Crippen molar-refractivity contribution in [2.75, 3.05) is 6.54 Å². The Bertz CT molecular complexity index is 630. The number of amides is 1. The Balaban J connectivity index is 2.08. The second-order valence-electron chi connectivity index (χ2n) is 5.78. The molecule has 0 saturated carbocycles. The predicted octanol–water partition coefficient (Wildman–Crippen LogP) is 1.62. The maximum atomic E-state index is 12.7. The summed E-state index contributed by atoms with van der Waals surface area (Å²) in [6.07, 6.45) is 2.46. The standard InChI is InChI=1S/C14H20N6O/c1-4-19-8-12-17-18-13(10-5-6-15-16-10)20(12)11(14(19)21)7-9(2)3/h5-6,9,11H,4,7-8H2,1-3H3,(H,15,16)/t11-/m0/s1. The van der Waals surface area contributed by atoms with Crippen molar-refractivity contribution >= 4 is 5.91 Å². The number of rotatable bonds is 4. The van der Waals surface area contributed by atoms with Crippen molar-refractivity contribution < 1.29 is 4.79 Å². The fourth-order valence-corrected chi connectivity index (χ4v) is 2.81. The van der Waals surface area contributed by atoms with Gasteiger partial charge in [-0.05, 0) is 25.3 Å². The minimum Gasteiger partial charge on any atom is -0.334 e. The zero-order valence-corrected chi connectivity index (χ0v) is 12.6. The van der Waals surface area contributed by atoms with Crippen molar-refractivity contribution in [3.63, 3.8) is 0 Å². The summed E-state index contributed by atoms with van der Waals surface area (Å²) in [6.45, 7) is 7.45. The molecular formula is C14H20N6O. The molecule has 0 unspecified atom stereocenters. The summed E-state index contributed by atoms with van der Waals surface area (Å²) in [5, 5.41) is 15.4. The number of hydrogen-bond acceptors (Lipinski definition) is 4. The van der Waals surface area contributed by atoms with Gasteiger partial charge in [0.1, 0.15) is 11.7 Å². The first-order chi connectivity index (χ1) is 10.1. The summed E-state index contributed by atoms with van der Waals surface area (Å²) in [6, 6.07) is 1.61. The molecule has 112 valence electrons. The van der Waals surface area contributed by atoms with Crippen LogP contribution in [0.2, 0.25) is 0 Å². The lowest BCUT2D eigenvalue weighted by atomic mass is 10.0. The van der Waals surface area contributed by atoms with Crippen LogP contribution in [0.3, 0.4) is 0 Å². The summed E-state index contributed by atoms with van der Waals surface area (Å²) >= 11 is 0. The van der Waals surface area contributed by atoms with Gasteiger partial charge in [-0.1, -0.05) is 13.8 Å². The Hall–Kier alpha value is -2.18. The maximum absolute atomic E-state index is 12.7. The van der Waals surface area contributed by atoms with Crippen LogP contribution in [0.15, 0.2) is 12.3 Å². The number of H-pyrrole nitrogens is 1. The number of aromatic amines is 1. The molecular weight excluding hydrogens is 268 g/mol. The van der Waals surface area contributed by atoms with Gasteiger partial charge in [0.2, 0.25) is 5.91 Å². The van der Waals surface area contributed by atoms with E-state index in [1.165, 1.54) is 0 Å². The summed E-state index contributed by atoms with van der Waals surface area (Å²) in [5.74, 6) is 2.10. The van der Waals surface area contributed by atoms with Gasteiger partial charge in [0.25, 0.3) is 0 Å². The first-order valence-corrected chi connectivity index (χ1v) is 7.34. The predicted molar refractivity (Wildman–Crippen MR) is 77.2 cm³/mol. The lowest BCUT2D eigenvalue weighted by Gasteiger charge is -2.33. The topological polar surface area (TPSA) is 79.7 Å². The summed E-state index contributed by atoms with van der Waals surface area (Å²) in [5.41, 5.74) is 0.792. The zero-order chi connectivity index (χ0) is 15.0. The van der Waals surface area contributed by atoms with Gasteiger partial charge in [0.15, 0.2) is 11.6 Å². The SMILES string of the molecule is CCN1Cc2nnc(-c3ccn[nH]3)n2[C@@H](CC(C)C)C1=O. The third-order valence-electron chi connectivity index (χ3n) is 3.83. The molecule has 7 nitrogen and oxygen atoms in total. The molecule has 0 bridgehead atoms. The van der Waals surface area contributed by atoms with E-state index in [9.17, 15) is 4.79 Å². The molecule has 0 fully saturated rings. The number of aromatic nitrogens is 5. The second-order valence-corrected chi connectivity index (χ2v) is 5.78. The molecule has 3 heterocycles. The molecule has 1 amide bonds. The maximum Gasteiger partial charge on any atom is 0.246 e. The van der Waals surface area contributed by atoms with Crippen molar-refractivity contribution in [1.29, 1.82) is 0 Å². The van der Waals surface area contributed by atoms with E-state index in [2.05, 4.69) is 34.2 Å². The van der Waals surface area contributed by atoms with Crippen molar-refractivity contribution in [2.24, 2.45) is 5.92 Å². The van der Waals surface area contributed by atoms with Crippen LogP contribution in [0.1, 0.15) is 39.1 Å². The highest BCUT2D eigenvalue weighted by Crippen LogP contribution is 2.31. The van der Waals surface area contributed by atoms with Crippen molar-refractivity contribution in [1.82, 2.24) is 29.9 Å². The van der Waals surface area contributed by atoms with Gasteiger partial charge in [-0.3, -0.25) is 14.5 Å². The highest BCUT2D eigenvalue weighted by molar-refractivity contribution is 5.82. The van der Waals surface area contributed by atoms with Gasteiger partial charge >= 0.3 is 0 Å². The van der Waals surface area contributed by atoms with E-state index >= 15 is 0 Å². The van der Waals surface area contributed by atoms with Crippen molar-refractivity contribution in [3.05, 3.63) is 18.1 Å². The molecule has 21 heavy (non-hydrogen) atoms. The fourth-order valence-electron chi connectivity index (χ4n) is 2.81. The number of carbonyl (C=O) groups excluding carboxylic acids is 1. The van der Waals surface area contributed by atoms with Crippen LogP contribution in [-0.4, -0.2) is 42.3 Å². The Morgan fingerprint density at radius 1 is 1.43 bits per heavy atom. The normalized spacial score (nSPS) is 18.4. The Kier molecular flexibility index (Phi) is 3.48. The van der Waals surface area contributed by atoms with E-state index in [4.69, 9.17) is 0 Å². The summed E-state index contributed by atoms with van der Waals surface area (Å²) in [7, 11) is 0. The minimum absolute atomic E-state index is 0.152. The minimum atomic E-state index is -0.234. The van der Waals surface area contributed by atoms with Crippen LogP contribution in [0.5, 0.6) is 0 Å². The van der Waals surface area contributed by atoms with E-state index in [-0.39, 0.29) is 11.9 Å². The smallest absolute Gasteiger partial charge is 0.246 e. The van der Waals surface area contributed by atoms with Crippen LogP contribution in [0.25, 0.3) is 11.5 Å². The molecule has 1 N–H and O–H groups in total. The van der Waals surface area contributed by atoms with Gasteiger partial charge in [0, 0.05) is 12.7 Å². The van der Waals surface area contributed by atoms with E-state index in [1.807, 2.05) is 22.5 Å². The number of carbonyl (C=O) groups is 1. The largest absolute Gasteiger partial charge is 0.334 e. The Morgan fingerprint density at radius 2 is 2.24 bits per heavy atom. The van der Waals surface area contributed by atoms with Crippen LogP contribution < -0.4 is 0 Å². The van der Waals surface area contributed by atoms with Crippen LogP contribution in [0.4, 0.5) is 0 Å². The van der Waals surface area contributed by atoms with Gasteiger partial charge in [-0.2, -0.15) is 5.10 Å². The molecule has 7 heteroatoms. The van der Waals surface area contributed by atoms with Crippen molar-refractivity contribution in [3.8, 4) is 11.5 Å². The molecule has 0 spiro atoms. The van der Waals surface area contributed by atoms with Gasteiger partial charge in [0.05, 0.1) is 6.54 Å². The molecule has 0 radical (unpaired) electrons. The molecule has 2 aromatic rings. The molecule has 0 saturated heterocycles. The number of nitrogens with one attached hydrogen (secondary N) is 1. The molecule has 3 rings (SSSR count). The van der Waals surface area contributed by atoms with E-state index < -0.39 is 0 Å². The molecule has 2 aromatic heterocycles. The molecule has 1 aliphatic rings. The lowest BCUT2D eigenvalue weighted by molar-refractivity contribution is -0.137. The van der Waals surface area contributed by atoms with Gasteiger partial charge in [-0.25, -0.2) is 0 Å².